The zero-order chi connectivity index (χ0) is 19.3. The molecule has 1 unspecified atom stereocenters. The number of hydrogen-bond acceptors (Lipinski definition) is 5. The first kappa shape index (κ1) is 18.9. The number of aromatic nitrogens is 2. The van der Waals surface area contributed by atoms with E-state index in [2.05, 4.69) is 51.0 Å². The van der Waals surface area contributed by atoms with Crippen molar-refractivity contribution in [2.75, 3.05) is 44.2 Å². The van der Waals surface area contributed by atoms with Crippen molar-refractivity contribution in [2.45, 2.75) is 26.3 Å². The summed E-state index contributed by atoms with van der Waals surface area (Å²) in [6, 6.07) is 10.5. The maximum Gasteiger partial charge on any atom is 0.274 e. The quantitative estimate of drug-likeness (QED) is 0.818. The first-order chi connectivity index (χ1) is 13.7. The van der Waals surface area contributed by atoms with Gasteiger partial charge < -0.3 is 9.80 Å². The average Bonchev–Trinajstić information content (AvgIpc) is 2.75. The molecular weight excluding hydrogens is 350 g/mol. The van der Waals surface area contributed by atoms with Crippen molar-refractivity contribution in [1.29, 1.82) is 0 Å². The van der Waals surface area contributed by atoms with Crippen molar-refractivity contribution in [2.24, 2.45) is 5.92 Å². The Bertz CT molecular complexity index is 771. The van der Waals surface area contributed by atoms with Crippen LogP contribution in [0.2, 0.25) is 0 Å². The highest BCUT2D eigenvalue weighted by Crippen LogP contribution is 2.20. The highest BCUT2D eigenvalue weighted by Gasteiger charge is 2.24. The lowest BCUT2D eigenvalue weighted by molar-refractivity contribution is 0.0622. The van der Waals surface area contributed by atoms with E-state index >= 15 is 0 Å². The third-order valence-corrected chi connectivity index (χ3v) is 5.75. The van der Waals surface area contributed by atoms with Crippen LogP contribution in [0, 0.1) is 5.92 Å². The van der Waals surface area contributed by atoms with Crippen LogP contribution in [-0.2, 0) is 6.54 Å². The van der Waals surface area contributed by atoms with Gasteiger partial charge in [-0.05, 0) is 24.3 Å². The number of amides is 1. The summed E-state index contributed by atoms with van der Waals surface area (Å²) >= 11 is 0. The Balaban J connectivity index is 1.31. The Hall–Kier alpha value is -2.47. The molecule has 3 heterocycles. The van der Waals surface area contributed by atoms with E-state index in [4.69, 9.17) is 0 Å². The molecule has 28 heavy (non-hydrogen) atoms. The van der Waals surface area contributed by atoms with Crippen molar-refractivity contribution in [3.05, 3.63) is 54.0 Å². The summed E-state index contributed by atoms with van der Waals surface area (Å²) in [7, 11) is 0. The summed E-state index contributed by atoms with van der Waals surface area (Å²) in [5, 5.41) is 0. The predicted octanol–water partition coefficient (Wildman–Crippen LogP) is 2.67. The fourth-order valence-corrected chi connectivity index (χ4v) is 4.11. The van der Waals surface area contributed by atoms with E-state index in [1.807, 2.05) is 11.0 Å². The van der Waals surface area contributed by atoms with Crippen LogP contribution in [0.1, 0.15) is 35.8 Å². The normalized spacial score (nSPS) is 21.0. The zero-order valence-electron chi connectivity index (χ0n) is 16.6. The number of carbonyl (C=O) groups excluding carboxylic acids is 1. The van der Waals surface area contributed by atoms with Crippen LogP contribution in [0.15, 0.2) is 42.7 Å². The maximum absolute atomic E-state index is 12.8. The van der Waals surface area contributed by atoms with E-state index in [-0.39, 0.29) is 5.91 Å². The molecular formula is C22H29N5O. The summed E-state index contributed by atoms with van der Waals surface area (Å²) in [4.78, 5) is 28.3. The lowest BCUT2D eigenvalue weighted by Crippen LogP contribution is -2.48. The number of rotatable bonds is 4. The largest absolute Gasteiger partial charge is 0.355 e. The molecule has 1 aromatic carbocycles. The molecule has 1 aromatic heterocycles. The molecule has 6 heteroatoms. The molecule has 2 aromatic rings. The van der Waals surface area contributed by atoms with E-state index < -0.39 is 0 Å². The molecule has 1 atom stereocenters. The highest BCUT2D eigenvalue weighted by molar-refractivity contribution is 5.92. The molecule has 2 saturated heterocycles. The molecule has 0 spiro atoms. The van der Waals surface area contributed by atoms with E-state index in [0.717, 1.165) is 51.6 Å². The van der Waals surface area contributed by atoms with Gasteiger partial charge in [0.2, 0.25) is 0 Å². The molecule has 1 amide bonds. The molecule has 0 aliphatic carbocycles. The fraction of sp³-hybridized carbons (Fsp3) is 0.500. The molecule has 0 saturated carbocycles. The molecule has 148 valence electrons. The van der Waals surface area contributed by atoms with Crippen molar-refractivity contribution in [1.82, 2.24) is 19.8 Å². The second kappa shape index (κ2) is 8.69. The predicted molar refractivity (Wildman–Crippen MR) is 110 cm³/mol. The van der Waals surface area contributed by atoms with Crippen LogP contribution >= 0.6 is 0 Å². The van der Waals surface area contributed by atoms with Gasteiger partial charge in [0.15, 0.2) is 0 Å². The Morgan fingerprint density at radius 1 is 1.04 bits per heavy atom. The number of benzene rings is 1. The highest BCUT2D eigenvalue weighted by atomic mass is 16.2. The van der Waals surface area contributed by atoms with Gasteiger partial charge in [0.25, 0.3) is 5.91 Å². The van der Waals surface area contributed by atoms with Crippen LogP contribution in [-0.4, -0.2) is 64.9 Å². The Kier molecular flexibility index (Phi) is 5.86. The first-order valence-electron chi connectivity index (χ1n) is 10.3. The third kappa shape index (κ3) is 4.50. The summed E-state index contributed by atoms with van der Waals surface area (Å²) in [5.41, 5.74) is 1.76. The van der Waals surface area contributed by atoms with Gasteiger partial charge in [-0.15, -0.1) is 0 Å². The minimum Gasteiger partial charge on any atom is -0.355 e. The van der Waals surface area contributed by atoms with Crippen LogP contribution in [0.4, 0.5) is 5.82 Å². The van der Waals surface area contributed by atoms with E-state index in [1.165, 1.54) is 18.4 Å². The summed E-state index contributed by atoms with van der Waals surface area (Å²) in [6.07, 6.45) is 5.87. The van der Waals surface area contributed by atoms with Gasteiger partial charge in [0, 0.05) is 45.8 Å². The maximum atomic E-state index is 12.8. The topological polar surface area (TPSA) is 52.6 Å². The number of anilines is 1. The molecule has 2 aliphatic heterocycles. The van der Waals surface area contributed by atoms with E-state index in [9.17, 15) is 4.79 Å². The van der Waals surface area contributed by atoms with Gasteiger partial charge in [-0.1, -0.05) is 37.3 Å². The second-order valence-corrected chi connectivity index (χ2v) is 8.01. The number of carbonyl (C=O) groups is 1. The van der Waals surface area contributed by atoms with Gasteiger partial charge in [0.1, 0.15) is 11.5 Å². The van der Waals surface area contributed by atoms with Crippen molar-refractivity contribution in [3.8, 4) is 0 Å². The van der Waals surface area contributed by atoms with Crippen LogP contribution in [0.25, 0.3) is 0 Å². The van der Waals surface area contributed by atoms with Gasteiger partial charge in [-0.3, -0.25) is 9.69 Å². The first-order valence-corrected chi connectivity index (χ1v) is 10.3. The molecule has 4 rings (SSSR count). The molecule has 2 fully saturated rings. The van der Waals surface area contributed by atoms with Gasteiger partial charge in [-0.2, -0.15) is 0 Å². The Labute approximate surface area is 167 Å². The van der Waals surface area contributed by atoms with Crippen molar-refractivity contribution < 1.29 is 4.79 Å². The van der Waals surface area contributed by atoms with Gasteiger partial charge in [-0.25, -0.2) is 9.97 Å². The number of hydrogen-bond donors (Lipinski definition) is 0. The van der Waals surface area contributed by atoms with Gasteiger partial charge >= 0.3 is 0 Å². The second-order valence-electron chi connectivity index (χ2n) is 8.01. The average molecular weight is 380 g/mol. The minimum atomic E-state index is -0.00887. The summed E-state index contributed by atoms with van der Waals surface area (Å²) in [6.45, 7) is 8.49. The van der Waals surface area contributed by atoms with Crippen LogP contribution in [0.3, 0.4) is 0 Å². The Morgan fingerprint density at radius 3 is 2.50 bits per heavy atom. The molecule has 0 N–H and O–H groups in total. The van der Waals surface area contributed by atoms with Crippen molar-refractivity contribution in [3.63, 3.8) is 0 Å². The number of piperazine rings is 1. The summed E-state index contributed by atoms with van der Waals surface area (Å²) in [5.74, 6) is 1.56. The monoisotopic (exact) mass is 379 g/mol. The smallest absolute Gasteiger partial charge is 0.274 e. The van der Waals surface area contributed by atoms with E-state index in [1.54, 1.807) is 12.4 Å². The molecule has 2 aliphatic rings. The molecule has 0 bridgehead atoms. The Morgan fingerprint density at radius 2 is 1.82 bits per heavy atom. The standard InChI is InChI=1S/C22H29N5O/c1-18-6-5-9-27(16-18)21-15-23-20(14-24-21)22(28)26-12-10-25(11-13-26)17-19-7-3-2-4-8-19/h2-4,7-8,14-15,18H,5-6,9-13,16-17H2,1H3. The fourth-order valence-electron chi connectivity index (χ4n) is 4.11. The van der Waals surface area contributed by atoms with E-state index in [0.29, 0.717) is 11.6 Å². The number of nitrogens with zero attached hydrogens (tertiary/aromatic N) is 5. The minimum absolute atomic E-state index is 0.00887. The van der Waals surface area contributed by atoms with Crippen LogP contribution in [0.5, 0.6) is 0 Å². The SMILES string of the molecule is CC1CCCN(c2cnc(C(=O)N3CCN(Cc4ccccc4)CC3)cn2)C1. The summed E-state index contributed by atoms with van der Waals surface area (Å²) < 4.78 is 0. The lowest BCUT2D eigenvalue weighted by atomic mass is 10.0. The lowest BCUT2D eigenvalue weighted by Gasteiger charge is -2.34. The zero-order valence-corrected chi connectivity index (χ0v) is 16.6. The van der Waals surface area contributed by atoms with Crippen LogP contribution < -0.4 is 4.90 Å². The molecule has 0 radical (unpaired) electrons. The molecule has 6 nitrogen and oxygen atoms in total. The third-order valence-electron chi connectivity index (χ3n) is 5.75. The van der Waals surface area contributed by atoms with Crippen molar-refractivity contribution >= 4 is 11.7 Å². The van der Waals surface area contributed by atoms with Gasteiger partial charge in [0.05, 0.1) is 12.4 Å². The number of piperidine rings is 1.